The molecular formula is C23H17N3O3S. The lowest BCUT2D eigenvalue weighted by Crippen LogP contribution is -2.36. The summed E-state index contributed by atoms with van der Waals surface area (Å²) in [5, 5.41) is 0.757. The molecule has 1 aromatic heterocycles. The van der Waals surface area contributed by atoms with Gasteiger partial charge in [0.15, 0.2) is 5.78 Å². The number of hydrogen-bond acceptors (Lipinski definition) is 4. The van der Waals surface area contributed by atoms with Crippen LogP contribution in [0.5, 0.6) is 0 Å². The van der Waals surface area contributed by atoms with Gasteiger partial charge < -0.3 is 4.98 Å². The van der Waals surface area contributed by atoms with Gasteiger partial charge >= 0.3 is 0 Å². The Morgan fingerprint density at radius 1 is 0.900 bits per heavy atom. The molecule has 0 saturated carbocycles. The van der Waals surface area contributed by atoms with E-state index in [-0.39, 0.29) is 17.2 Å². The summed E-state index contributed by atoms with van der Waals surface area (Å²) < 4.78 is 27.0. The molecule has 0 amide bonds. The molecule has 1 aliphatic heterocycles. The quantitative estimate of drug-likeness (QED) is 0.502. The predicted octanol–water partition coefficient (Wildman–Crippen LogP) is 4.38. The lowest BCUT2D eigenvalue weighted by molar-refractivity contribution is 0.0983. The molecule has 0 spiro atoms. The number of ketones is 1. The SMILES string of the molecule is O=C(CN1C=Nc2ccccc2S1(=O)=O)c1c(-c2ccccc2)[nH]c2ccccc12. The minimum absolute atomic E-state index is 0.0995. The van der Waals surface area contributed by atoms with Gasteiger partial charge in [-0.25, -0.2) is 17.7 Å². The van der Waals surface area contributed by atoms with Gasteiger partial charge in [0.25, 0.3) is 10.0 Å². The standard InChI is InChI=1S/C23H17N3O3S/c27-20(14-26-15-24-19-12-6-7-13-21(19)30(26,28)29)22-17-10-4-5-11-18(17)25-23(22)16-8-2-1-3-9-16/h1-13,15,25H,14H2. The minimum Gasteiger partial charge on any atom is -0.354 e. The topological polar surface area (TPSA) is 82.6 Å². The molecule has 3 aromatic carbocycles. The second-order valence-electron chi connectivity index (χ2n) is 6.97. The number of nitrogens with zero attached hydrogens (tertiary/aromatic N) is 2. The number of aromatic nitrogens is 1. The lowest BCUT2D eigenvalue weighted by atomic mass is 10.0. The fourth-order valence-corrected chi connectivity index (χ4v) is 5.04. The van der Waals surface area contributed by atoms with Crippen molar-refractivity contribution in [1.29, 1.82) is 0 Å². The van der Waals surface area contributed by atoms with Crippen molar-refractivity contribution in [3.05, 3.63) is 84.4 Å². The van der Waals surface area contributed by atoms with E-state index in [0.717, 1.165) is 20.8 Å². The Bertz CT molecular complexity index is 1410. The van der Waals surface area contributed by atoms with Crippen molar-refractivity contribution in [2.24, 2.45) is 4.99 Å². The van der Waals surface area contributed by atoms with Crippen molar-refractivity contribution in [2.45, 2.75) is 4.90 Å². The molecule has 1 N–H and O–H groups in total. The van der Waals surface area contributed by atoms with Crippen molar-refractivity contribution >= 4 is 38.7 Å². The maximum absolute atomic E-state index is 13.4. The molecule has 0 radical (unpaired) electrons. The van der Waals surface area contributed by atoms with Gasteiger partial charge in [-0.2, -0.15) is 0 Å². The summed E-state index contributed by atoms with van der Waals surface area (Å²) in [6.07, 6.45) is 1.21. The molecule has 0 fully saturated rings. The van der Waals surface area contributed by atoms with Crippen LogP contribution in [0.1, 0.15) is 10.4 Å². The van der Waals surface area contributed by atoms with Gasteiger partial charge in [-0.1, -0.05) is 60.7 Å². The Kier molecular flexibility index (Phi) is 4.25. The van der Waals surface area contributed by atoms with Crippen molar-refractivity contribution in [1.82, 2.24) is 9.29 Å². The van der Waals surface area contributed by atoms with Gasteiger partial charge in [-0.3, -0.25) is 4.79 Å². The van der Waals surface area contributed by atoms with E-state index in [1.54, 1.807) is 18.2 Å². The summed E-state index contributed by atoms with van der Waals surface area (Å²) in [7, 11) is -3.85. The van der Waals surface area contributed by atoms with Crippen LogP contribution in [0, 0.1) is 0 Å². The number of nitrogens with one attached hydrogen (secondary N) is 1. The monoisotopic (exact) mass is 415 g/mol. The molecule has 0 unspecified atom stereocenters. The third-order valence-corrected chi connectivity index (χ3v) is 6.87. The number of fused-ring (bicyclic) bond motifs is 2. The number of Topliss-reactive ketones (excluding diaryl/α,β-unsaturated/α-hetero) is 1. The van der Waals surface area contributed by atoms with Gasteiger partial charge in [-0.05, 0) is 23.8 Å². The third kappa shape index (κ3) is 2.91. The van der Waals surface area contributed by atoms with E-state index in [9.17, 15) is 13.2 Å². The van der Waals surface area contributed by atoms with Crippen LogP contribution in [0.2, 0.25) is 0 Å². The number of carbonyl (C=O) groups excluding carboxylic acids is 1. The van der Waals surface area contributed by atoms with Crippen molar-refractivity contribution < 1.29 is 13.2 Å². The van der Waals surface area contributed by atoms with Crippen molar-refractivity contribution in [2.75, 3.05) is 6.54 Å². The maximum Gasteiger partial charge on any atom is 0.267 e. The van der Waals surface area contributed by atoms with Crippen LogP contribution >= 0.6 is 0 Å². The summed E-state index contributed by atoms with van der Waals surface area (Å²) in [5.41, 5.74) is 3.20. The number of aromatic amines is 1. The Labute approximate surface area is 173 Å². The Hall–Kier alpha value is -3.71. The lowest BCUT2D eigenvalue weighted by Gasteiger charge is -2.23. The van der Waals surface area contributed by atoms with Crippen LogP contribution in [-0.2, 0) is 10.0 Å². The van der Waals surface area contributed by atoms with E-state index < -0.39 is 10.0 Å². The molecule has 148 valence electrons. The van der Waals surface area contributed by atoms with Crippen LogP contribution in [0.3, 0.4) is 0 Å². The van der Waals surface area contributed by atoms with E-state index in [1.807, 2.05) is 54.6 Å². The van der Waals surface area contributed by atoms with Gasteiger partial charge in [0, 0.05) is 10.9 Å². The molecule has 6 nitrogen and oxygen atoms in total. The van der Waals surface area contributed by atoms with E-state index in [0.29, 0.717) is 16.9 Å². The molecule has 4 aromatic rings. The first kappa shape index (κ1) is 18.3. The molecule has 1 aliphatic rings. The molecule has 0 atom stereocenters. The number of para-hydroxylation sites is 2. The van der Waals surface area contributed by atoms with E-state index >= 15 is 0 Å². The van der Waals surface area contributed by atoms with Gasteiger partial charge in [0.1, 0.15) is 11.2 Å². The van der Waals surface area contributed by atoms with E-state index in [4.69, 9.17) is 0 Å². The molecule has 5 rings (SSSR count). The van der Waals surface area contributed by atoms with Crippen LogP contribution < -0.4 is 0 Å². The first-order valence-electron chi connectivity index (χ1n) is 9.40. The second kappa shape index (κ2) is 6.96. The highest BCUT2D eigenvalue weighted by Gasteiger charge is 2.31. The zero-order chi connectivity index (χ0) is 20.7. The molecule has 2 heterocycles. The second-order valence-corrected chi connectivity index (χ2v) is 8.83. The Balaban J connectivity index is 1.58. The van der Waals surface area contributed by atoms with Gasteiger partial charge in [-0.15, -0.1) is 0 Å². The van der Waals surface area contributed by atoms with E-state index in [1.165, 1.54) is 12.4 Å². The average molecular weight is 415 g/mol. The number of rotatable bonds is 4. The Morgan fingerprint density at radius 2 is 1.60 bits per heavy atom. The third-order valence-electron chi connectivity index (χ3n) is 5.12. The number of H-pyrrole nitrogens is 1. The van der Waals surface area contributed by atoms with Gasteiger partial charge in [0.05, 0.1) is 23.5 Å². The maximum atomic E-state index is 13.4. The number of carbonyl (C=O) groups is 1. The summed E-state index contributed by atoms with van der Waals surface area (Å²) in [6, 6.07) is 23.5. The number of sulfonamides is 1. The van der Waals surface area contributed by atoms with Crippen molar-refractivity contribution in [3.8, 4) is 11.3 Å². The predicted molar refractivity (Wildman–Crippen MR) is 117 cm³/mol. The molecular weight excluding hydrogens is 398 g/mol. The molecule has 0 saturated heterocycles. The minimum atomic E-state index is -3.85. The summed E-state index contributed by atoms with van der Waals surface area (Å²) >= 11 is 0. The highest BCUT2D eigenvalue weighted by Crippen LogP contribution is 2.33. The normalized spacial score (nSPS) is 14.6. The number of hydrogen-bond donors (Lipinski definition) is 1. The largest absolute Gasteiger partial charge is 0.354 e. The van der Waals surface area contributed by atoms with Crippen LogP contribution in [0.25, 0.3) is 22.2 Å². The highest BCUT2D eigenvalue weighted by molar-refractivity contribution is 7.89. The Morgan fingerprint density at radius 3 is 2.43 bits per heavy atom. The summed E-state index contributed by atoms with van der Waals surface area (Å²) in [5.74, 6) is -0.305. The first-order valence-corrected chi connectivity index (χ1v) is 10.8. The number of benzene rings is 3. The molecule has 7 heteroatoms. The van der Waals surface area contributed by atoms with Crippen LogP contribution in [-0.4, -0.2) is 36.4 Å². The summed E-state index contributed by atoms with van der Waals surface area (Å²) in [6.45, 7) is -0.331. The molecule has 30 heavy (non-hydrogen) atoms. The highest BCUT2D eigenvalue weighted by atomic mass is 32.2. The average Bonchev–Trinajstić information content (AvgIpc) is 3.16. The van der Waals surface area contributed by atoms with Gasteiger partial charge in [0.2, 0.25) is 0 Å². The van der Waals surface area contributed by atoms with Crippen molar-refractivity contribution in [3.63, 3.8) is 0 Å². The van der Waals surface area contributed by atoms with E-state index in [2.05, 4.69) is 9.98 Å². The zero-order valence-electron chi connectivity index (χ0n) is 15.8. The first-order chi connectivity index (χ1) is 14.6. The molecule has 0 aliphatic carbocycles. The zero-order valence-corrected chi connectivity index (χ0v) is 16.6. The smallest absolute Gasteiger partial charge is 0.267 e. The summed E-state index contributed by atoms with van der Waals surface area (Å²) in [4.78, 5) is 21.0. The molecule has 0 bridgehead atoms. The fraction of sp³-hybridized carbons (Fsp3) is 0.0435. The fourth-order valence-electron chi connectivity index (χ4n) is 3.70. The number of aliphatic imine (C=N–C) groups is 1. The van der Waals surface area contributed by atoms with Crippen LogP contribution in [0.4, 0.5) is 5.69 Å². The van der Waals surface area contributed by atoms with Crippen LogP contribution in [0.15, 0.2) is 88.8 Å².